The molecule has 2 N–H and O–H groups in total. The van der Waals surface area contributed by atoms with Crippen LogP contribution < -0.4 is 0 Å². The number of piperidine rings is 1. The lowest BCUT2D eigenvalue weighted by Crippen LogP contribution is -2.53. The highest BCUT2D eigenvalue weighted by Gasteiger charge is 2.36. The van der Waals surface area contributed by atoms with Crippen molar-refractivity contribution < 1.29 is 24.5 Å². The smallest absolute Gasteiger partial charge is 0.407 e. The molecule has 0 aromatic carbocycles. The molecule has 0 aromatic heterocycles. The van der Waals surface area contributed by atoms with Crippen molar-refractivity contribution in [3.8, 4) is 0 Å². The van der Waals surface area contributed by atoms with Crippen molar-refractivity contribution >= 4 is 23.6 Å². The third kappa shape index (κ3) is 4.50. The topological polar surface area (TPSA) is 90.3 Å². The van der Waals surface area contributed by atoms with Crippen molar-refractivity contribution in [2.24, 2.45) is 0 Å². The fraction of sp³-hybridized carbons (Fsp3) is 0.833. The minimum atomic E-state index is -1.07. The number of halogens is 1. The molecule has 0 radical (unpaired) electrons. The van der Waals surface area contributed by atoms with Gasteiger partial charge >= 0.3 is 6.09 Å². The van der Waals surface area contributed by atoms with Gasteiger partial charge in [-0.3, -0.25) is 4.79 Å². The number of ether oxygens (including phenoxy) is 1. The van der Waals surface area contributed by atoms with Gasteiger partial charge < -0.3 is 24.7 Å². The lowest BCUT2D eigenvalue weighted by Gasteiger charge is -2.39. The molecule has 0 spiro atoms. The normalized spacial score (nSPS) is 19.5. The Bertz CT molecular complexity index is 358. The van der Waals surface area contributed by atoms with Crippen LogP contribution in [0.5, 0.6) is 0 Å². The number of hydrogen-bond donors (Lipinski definition) is 2. The van der Waals surface area contributed by atoms with Gasteiger partial charge in [-0.2, -0.15) is 0 Å². The Morgan fingerprint density at radius 3 is 2.45 bits per heavy atom. The Morgan fingerprint density at radius 2 is 2.00 bits per heavy atom. The van der Waals surface area contributed by atoms with E-state index in [1.54, 1.807) is 7.05 Å². The van der Waals surface area contributed by atoms with Gasteiger partial charge in [0.2, 0.25) is 5.91 Å². The van der Waals surface area contributed by atoms with Crippen LogP contribution in [0.2, 0.25) is 0 Å². The molecule has 0 aromatic rings. The van der Waals surface area contributed by atoms with Crippen molar-refractivity contribution in [3.63, 3.8) is 0 Å². The van der Waals surface area contributed by atoms with Gasteiger partial charge in [0.25, 0.3) is 0 Å². The first-order valence-electron chi connectivity index (χ1n) is 6.37. The molecular formula is C12H21ClN2O5. The molecule has 1 unspecified atom stereocenters. The Balaban J connectivity index is 2.51. The van der Waals surface area contributed by atoms with E-state index in [9.17, 15) is 14.7 Å². The first-order valence-corrected chi connectivity index (χ1v) is 6.81. The van der Waals surface area contributed by atoms with Gasteiger partial charge in [-0.1, -0.05) is 0 Å². The van der Waals surface area contributed by atoms with Crippen molar-refractivity contribution in [3.05, 3.63) is 0 Å². The summed E-state index contributed by atoms with van der Waals surface area (Å²) >= 11 is 5.87. The number of methoxy groups -OCH3 is 1. The molecule has 116 valence electrons. The summed E-state index contributed by atoms with van der Waals surface area (Å²) in [4.78, 5) is 25.3. The molecule has 8 heteroatoms. The fourth-order valence-electron chi connectivity index (χ4n) is 2.25. The number of aliphatic hydroxyl groups is 1. The van der Waals surface area contributed by atoms with Gasteiger partial charge in [0.15, 0.2) is 0 Å². The quantitative estimate of drug-likeness (QED) is 0.708. The van der Waals surface area contributed by atoms with E-state index in [1.807, 2.05) is 0 Å². The van der Waals surface area contributed by atoms with E-state index < -0.39 is 17.1 Å². The molecule has 2 amide bonds. The van der Waals surface area contributed by atoms with Gasteiger partial charge in [0.1, 0.15) is 5.38 Å². The van der Waals surface area contributed by atoms with Crippen LogP contribution in [-0.2, 0) is 9.53 Å². The Labute approximate surface area is 123 Å². The molecule has 0 aliphatic carbocycles. The lowest BCUT2D eigenvalue weighted by molar-refractivity contribution is -0.135. The minimum Gasteiger partial charge on any atom is -0.465 e. The van der Waals surface area contributed by atoms with Gasteiger partial charge in [-0.25, -0.2) is 4.79 Å². The number of likely N-dealkylation sites (tertiary alicyclic amines) is 1. The average molecular weight is 309 g/mol. The monoisotopic (exact) mass is 308 g/mol. The van der Waals surface area contributed by atoms with Gasteiger partial charge in [-0.15, -0.1) is 11.6 Å². The number of alkyl halides is 1. The number of nitrogens with zero attached hydrogens (tertiary/aromatic N) is 2. The SMILES string of the molecule is COCC(Cl)C(=O)N(C)CC1(O)CCN(C(=O)O)CC1. The highest BCUT2D eigenvalue weighted by atomic mass is 35.5. The van der Waals surface area contributed by atoms with Crippen LogP contribution >= 0.6 is 11.6 Å². The predicted octanol–water partition coefficient (Wildman–Crippen LogP) is 0.203. The largest absolute Gasteiger partial charge is 0.465 e. The third-order valence-corrected chi connectivity index (χ3v) is 3.77. The minimum absolute atomic E-state index is 0.107. The molecule has 1 aliphatic heterocycles. The summed E-state index contributed by atoms with van der Waals surface area (Å²) in [6, 6.07) is 0. The van der Waals surface area contributed by atoms with E-state index in [2.05, 4.69) is 0 Å². The summed E-state index contributed by atoms with van der Waals surface area (Å²) in [5.41, 5.74) is -1.07. The zero-order valence-corrected chi connectivity index (χ0v) is 12.5. The van der Waals surface area contributed by atoms with E-state index in [4.69, 9.17) is 21.4 Å². The Hall–Kier alpha value is -1.05. The number of rotatable bonds is 5. The summed E-state index contributed by atoms with van der Waals surface area (Å²) in [5, 5.41) is 18.5. The van der Waals surface area contributed by atoms with E-state index in [-0.39, 0.29) is 32.1 Å². The van der Waals surface area contributed by atoms with Crippen LogP contribution in [0, 0.1) is 0 Å². The Morgan fingerprint density at radius 1 is 1.45 bits per heavy atom. The van der Waals surface area contributed by atoms with Gasteiger partial charge in [0, 0.05) is 33.8 Å². The first-order chi connectivity index (χ1) is 9.29. The second-order valence-corrected chi connectivity index (χ2v) is 5.64. The molecule has 20 heavy (non-hydrogen) atoms. The zero-order chi connectivity index (χ0) is 15.3. The number of carbonyl (C=O) groups is 2. The highest BCUT2D eigenvalue weighted by Crippen LogP contribution is 2.23. The standard InChI is InChI=1S/C12H21ClN2O5/c1-14(10(16)9(13)7-20-2)8-12(19)3-5-15(6-4-12)11(17)18/h9,19H,3-8H2,1-2H3,(H,17,18). The molecule has 1 atom stereocenters. The maximum absolute atomic E-state index is 11.9. The third-order valence-electron chi connectivity index (χ3n) is 3.45. The number of amides is 2. The summed E-state index contributed by atoms with van der Waals surface area (Å²) in [7, 11) is 3.02. The number of carbonyl (C=O) groups excluding carboxylic acids is 1. The zero-order valence-electron chi connectivity index (χ0n) is 11.7. The molecule has 1 fully saturated rings. The van der Waals surface area contributed by atoms with Crippen LogP contribution in [0.1, 0.15) is 12.8 Å². The molecule has 0 saturated carbocycles. The number of carboxylic acid groups (broad SMARTS) is 1. The van der Waals surface area contributed by atoms with E-state index in [0.717, 1.165) is 0 Å². The second-order valence-electron chi connectivity index (χ2n) is 5.11. The van der Waals surface area contributed by atoms with Crippen LogP contribution in [0.3, 0.4) is 0 Å². The van der Waals surface area contributed by atoms with Gasteiger partial charge in [0.05, 0.1) is 12.2 Å². The molecule has 0 bridgehead atoms. The number of hydrogen-bond acceptors (Lipinski definition) is 4. The second kappa shape index (κ2) is 7.10. The van der Waals surface area contributed by atoms with E-state index in [0.29, 0.717) is 12.8 Å². The van der Waals surface area contributed by atoms with Gasteiger partial charge in [-0.05, 0) is 12.8 Å². The van der Waals surface area contributed by atoms with Crippen LogP contribution in [0.15, 0.2) is 0 Å². The maximum Gasteiger partial charge on any atom is 0.407 e. The summed E-state index contributed by atoms with van der Waals surface area (Å²) in [5.74, 6) is -0.317. The molecule has 1 rings (SSSR count). The fourth-order valence-corrected chi connectivity index (χ4v) is 2.54. The van der Waals surface area contributed by atoms with E-state index in [1.165, 1.54) is 16.9 Å². The molecular weight excluding hydrogens is 288 g/mol. The van der Waals surface area contributed by atoms with Crippen LogP contribution in [0.4, 0.5) is 4.79 Å². The highest BCUT2D eigenvalue weighted by molar-refractivity contribution is 6.30. The predicted molar refractivity (Wildman–Crippen MR) is 72.9 cm³/mol. The van der Waals surface area contributed by atoms with Crippen molar-refractivity contribution in [1.29, 1.82) is 0 Å². The lowest BCUT2D eigenvalue weighted by atomic mass is 9.91. The summed E-state index contributed by atoms with van der Waals surface area (Å²) in [6.45, 7) is 0.759. The van der Waals surface area contributed by atoms with Crippen LogP contribution in [0.25, 0.3) is 0 Å². The molecule has 1 aliphatic rings. The van der Waals surface area contributed by atoms with E-state index >= 15 is 0 Å². The molecule has 7 nitrogen and oxygen atoms in total. The molecule has 1 heterocycles. The van der Waals surface area contributed by atoms with Crippen molar-refractivity contribution in [1.82, 2.24) is 9.80 Å². The first kappa shape index (κ1) is 17.0. The van der Waals surface area contributed by atoms with Crippen molar-refractivity contribution in [2.75, 3.05) is 40.4 Å². The van der Waals surface area contributed by atoms with Crippen molar-refractivity contribution in [2.45, 2.75) is 23.8 Å². The Kier molecular flexibility index (Phi) is 6.04. The average Bonchev–Trinajstić information content (AvgIpc) is 2.38. The number of likely N-dealkylation sites (N-methyl/N-ethyl adjacent to an activating group) is 1. The van der Waals surface area contributed by atoms with Crippen LogP contribution in [-0.4, -0.2) is 83.4 Å². The maximum atomic E-state index is 11.9. The molecule has 1 saturated heterocycles. The summed E-state index contributed by atoms with van der Waals surface area (Å²) in [6.07, 6.45) is -0.389. The summed E-state index contributed by atoms with van der Waals surface area (Å²) < 4.78 is 4.82.